The van der Waals surface area contributed by atoms with Crippen LogP contribution < -0.4 is 4.74 Å². The van der Waals surface area contributed by atoms with Gasteiger partial charge in [-0.3, -0.25) is 0 Å². The van der Waals surface area contributed by atoms with Crippen LogP contribution in [0.5, 0.6) is 10.8 Å². The van der Waals surface area contributed by atoms with Crippen molar-refractivity contribution >= 4 is 11.3 Å². The van der Waals surface area contributed by atoms with E-state index in [1.807, 2.05) is 33.8 Å². The fourth-order valence-corrected chi connectivity index (χ4v) is 2.20. The zero-order chi connectivity index (χ0) is 15.3. The molecule has 0 fully saturated rings. The Bertz CT molecular complexity index is 544. The molecule has 1 aromatic carbocycles. The van der Waals surface area contributed by atoms with E-state index >= 15 is 0 Å². The number of rotatable bonds is 2. The van der Waals surface area contributed by atoms with Crippen LogP contribution in [0.2, 0.25) is 0 Å². The van der Waals surface area contributed by atoms with Crippen LogP contribution in [-0.4, -0.2) is 4.98 Å². The van der Waals surface area contributed by atoms with Crippen LogP contribution in [0, 0.1) is 13.8 Å². The lowest BCUT2D eigenvalue weighted by Crippen LogP contribution is -2.02. The Morgan fingerprint density at radius 1 is 1.05 bits per heavy atom. The summed E-state index contributed by atoms with van der Waals surface area (Å²) in [4.78, 5) is 3.30. The van der Waals surface area contributed by atoms with E-state index in [0.29, 0.717) is 17.1 Å². The summed E-state index contributed by atoms with van der Waals surface area (Å²) in [6.07, 6.45) is -3.33. The number of hydrogen-bond donors (Lipinski definition) is 0. The van der Waals surface area contributed by atoms with Gasteiger partial charge in [0.15, 0.2) is 0 Å². The summed E-state index contributed by atoms with van der Waals surface area (Å²) in [6.45, 7) is 7.79. The summed E-state index contributed by atoms with van der Waals surface area (Å²) in [7, 11) is 0. The van der Waals surface area contributed by atoms with Gasteiger partial charge < -0.3 is 4.74 Å². The topological polar surface area (TPSA) is 22.1 Å². The Balaban J connectivity index is 0.000000956. The molecule has 2 aromatic rings. The van der Waals surface area contributed by atoms with Gasteiger partial charge in [0.1, 0.15) is 5.75 Å². The van der Waals surface area contributed by atoms with E-state index in [1.165, 1.54) is 0 Å². The average molecular weight is 303 g/mol. The van der Waals surface area contributed by atoms with Gasteiger partial charge in [0.05, 0.1) is 6.20 Å². The lowest BCUT2D eigenvalue weighted by molar-refractivity contribution is -0.137. The minimum absolute atomic E-state index is 0.132. The molecule has 0 amide bonds. The van der Waals surface area contributed by atoms with Crippen LogP contribution in [0.4, 0.5) is 13.2 Å². The molecule has 0 spiro atoms. The first-order chi connectivity index (χ1) is 9.34. The molecule has 0 aliphatic carbocycles. The number of benzene rings is 1. The second kappa shape index (κ2) is 6.74. The Labute approximate surface area is 120 Å². The summed E-state index contributed by atoms with van der Waals surface area (Å²) in [6, 6.07) is 5.49. The first-order valence-electron chi connectivity index (χ1n) is 6.14. The Morgan fingerprint density at radius 2 is 1.60 bits per heavy atom. The molecular weight excluding hydrogens is 287 g/mol. The SMILES string of the molecule is CC.Cc1cc(C)cc(Oc2cnc(C(F)(F)F)s2)c1. The molecule has 0 saturated heterocycles. The van der Waals surface area contributed by atoms with Crippen LogP contribution in [0.1, 0.15) is 30.0 Å². The van der Waals surface area contributed by atoms with Gasteiger partial charge in [0, 0.05) is 0 Å². The Morgan fingerprint density at radius 3 is 2.05 bits per heavy atom. The molecular formula is C14H16F3NOS. The van der Waals surface area contributed by atoms with Gasteiger partial charge in [-0.15, -0.1) is 0 Å². The highest BCUT2D eigenvalue weighted by Gasteiger charge is 2.34. The van der Waals surface area contributed by atoms with E-state index in [-0.39, 0.29) is 5.06 Å². The highest BCUT2D eigenvalue weighted by molar-refractivity contribution is 7.13. The number of thiazole rings is 1. The number of nitrogens with zero attached hydrogens (tertiary/aromatic N) is 1. The monoisotopic (exact) mass is 303 g/mol. The number of aromatic nitrogens is 1. The van der Waals surface area contributed by atoms with Crippen molar-refractivity contribution in [3.05, 3.63) is 40.5 Å². The second-order valence-corrected chi connectivity index (χ2v) is 4.90. The van der Waals surface area contributed by atoms with Crippen LogP contribution in [0.15, 0.2) is 24.4 Å². The molecule has 0 aliphatic rings. The minimum Gasteiger partial charge on any atom is -0.445 e. The van der Waals surface area contributed by atoms with Gasteiger partial charge in [-0.1, -0.05) is 31.3 Å². The molecule has 110 valence electrons. The molecule has 0 unspecified atom stereocenters. The number of halogens is 3. The second-order valence-electron chi connectivity index (χ2n) is 3.91. The van der Waals surface area contributed by atoms with Crippen LogP contribution in [-0.2, 0) is 6.18 Å². The Kier molecular flexibility index (Phi) is 5.56. The highest BCUT2D eigenvalue weighted by Crippen LogP contribution is 2.37. The van der Waals surface area contributed by atoms with Gasteiger partial charge in [-0.25, -0.2) is 4.98 Å². The predicted molar refractivity (Wildman–Crippen MR) is 74.5 cm³/mol. The summed E-state index contributed by atoms with van der Waals surface area (Å²) < 4.78 is 42.5. The van der Waals surface area contributed by atoms with Crippen LogP contribution in [0.25, 0.3) is 0 Å². The molecule has 20 heavy (non-hydrogen) atoms. The molecule has 1 heterocycles. The molecule has 0 N–H and O–H groups in total. The van der Waals surface area contributed by atoms with Crippen molar-refractivity contribution in [2.75, 3.05) is 0 Å². The smallest absolute Gasteiger partial charge is 0.443 e. The van der Waals surface area contributed by atoms with E-state index < -0.39 is 11.2 Å². The number of alkyl halides is 3. The summed E-state index contributed by atoms with van der Waals surface area (Å²) in [5, 5.41) is -0.769. The quantitative estimate of drug-likeness (QED) is 0.720. The van der Waals surface area contributed by atoms with Crippen molar-refractivity contribution in [3.8, 4) is 10.8 Å². The van der Waals surface area contributed by atoms with Crippen molar-refractivity contribution in [1.29, 1.82) is 0 Å². The lowest BCUT2D eigenvalue weighted by Gasteiger charge is -2.05. The first kappa shape index (κ1) is 16.5. The van der Waals surface area contributed by atoms with Crippen LogP contribution >= 0.6 is 11.3 Å². The minimum atomic E-state index is -4.42. The average Bonchev–Trinajstić information content (AvgIpc) is 2.78. The molecule has 0 aliphatic heterocycles. The molecule has 6 heteroatoms. The third-order valence-electron chi connectivity index (χ3n) is 2.14. The van der Waals surface area contributed by atoms with Crippen molar-refractivity contribution < 1.29 is 17.9 Å². The van der Waals surface area contributed by atoms with Crippen molar-refractivity contribution in [3.63, 3.8) is 0 Å². The highest BCUT2D eigenvalue weighted by atomic mass is 32.1. The number of aryl methyl sites for hydroxylation is 2. The normalized spacial score (nSPS) is 10.8. The molecule has 0 saturated carbocycles. The maximum Gasteiger partial charge on any atom is 0.443 e. The molecule has 0 bridgehead atoms. The summed E-state index contributed by atoms with van der Waals surface area (Å²) >= 11 is 0.488. The Hall–Kier alpha value is -1.56. The van der Waals surface area contributed by atoms with Gasteiger partial charge in [0.25, 0.3) is 0 Å². The van der Waals surface area contributed by atoms with E-state index in [9.17, 15) is 13.2 Å². The van der Waals surface area contributed by atoms with Gasteiger partial charge >= 0.3 is 6.18 Å². The standard InChI is InChI=1S/C12H10F3NOS.C2H6/c1-7-3-8(2)5-9(4-7)17-10-6-16-11(18-10)12(13,14)15;1-2/h3-6H,1-2H3;1-2H3. The third kappa shape index (κ3) is 4.52. The lowest BCUT2D eigenvalue weighted by atomic mass is 10.1. The van der Waals surface area contributed by atoms with E-state index in [0.717, 1.165) is 17.3 Å². The summed E-state index contributed by atoms with van der Waals surface area (Å²) in [5.74, 6) is 0.518. The summed E-state index contributed by atoms with van der Waals surface area (Å²) in [5.41, 5.74) is 1.98. The number of ether oxygens (including phenoxy) is 1. The zero-order valence-electron chi connectivity index (χ0n) is 11.7. The molecule has 0 radical (unpaired) electrons. The van der Waals surface area contributed by atoms with Crippen molar-refractivity contribution in [2.24, 2.45) is 0 Å². The maximum atomic E-state index is 12.4. The largest absolute Gasteiger partial charge is 0.445 e. The fraction of sp³-hybridized carbons (Fsp3) is 0.357. The number of hydrogen-bond acceptors (Lipinski definition) is 3. The zero-order valence-corrected chi connectivity index (χ0v) is 12.5. The fourth-order valence-electron chi connectivity index (χ4n) is 1.55. The molecule has 1 aromatic heterocycles. The molecule has 2 nitrogen and oxygen atoms in total. The molecule has 2 rings (SSSR count). The van der Waals surface area contributed by atoms with Gasteiger partial charge in [-0.05, 0) is 37.1 Å². The van der Waals surface area contributed by atoms with Crippen molar-refractivity contribution in [1.82, 2.24) is 4.98 Å². The van der Waals surface area contributed by atoms with E-state index in [4.69, 9.17) is 4.74 Å². The third-order valence-corrected chi connectivity index (χ3v) is 3.06. The predicted octanol–water partition coefficient (Wildman–Crippen LogP) is 5.60. The van der Waals surface area contributed by atoms with E-state index in [1.54, 1.807) is 12.1 Å². The van der Waals surface area contributed by atoms with Crippen molar-refractivity contribution in [2.45, 2.75) is 33.9 Å². The van der Waals surface area contributed by atoms with E-state index in [2.05, 4.69) is 4.98 Å². The van der Waals surface area contributed by atoms with Crippen LogP contribution in [0.3, 0.4) is 0 Å². The van der Waals surface area contributed by atoms with Gasteiger partial charge in [-0.2, -0.15) is 13.2 Å². The van der Waals surface area contributed by atoms with Gasteiger partial charge in [0.2, 0.25) is 10.1 Å². The maximum absolute atomic E-state index is 12.4. The molecule has 0 atom stereocenters. The first-order valence-corrected chi connectivity index (χ1v) is 6.95.